The molecule has 1 aliphatic heterocycles. The molecule has 0 saturated heterocycles. The first-order chi connectivity index (χ1) is 6.31. The molecule has 0 radical (unpaired) electrons. The van der Waals surface area contributed by atoms with Crippen LogP contribution in [-0.2, 0) is 24.4 Å². The van der Waals surface area contributed by atoms with Crippen molar-refractivity contribution >= 4 is 5.95 Å². The van der Waals surface area contributed by atoms with Crippen LogP contribution in [0, 0.1) is 0 Å². The summed E-state index contributed by atoms with van der Waals surface area (Å²) in [6, 6.07) is 0. The normalized spacial score (nSPS) is 14.5. The Morgan fingerprint density at radius 3 is 2.92 bits per heavy atom. The van der Waals surface area contributed by atoms with Gasteiger partial charge in [0, 0.05) is 12.0 Å². The number of fused-ring (bicyclic) bond motifs is 1. The average Bonchev–Trinajstić information content (AvgIpc) is 2.52. The highest BCUT2D eigenvalue weighted by molar-refractivity contribution is 5.33. The number of rotatable bonds is 2. The third-order valence-corrected chi connectivity index (χ3v) is 2.06. The van der Waals surface area contributed by atoms with Crippen LogP contribution in [0.15, 0.2) is 0 Å². The summed E-state index contributed by atoms with van der Waals surface area (Å²) in [6.07, 6.45) is 0.735. The Bertz CT molecular complexity index is 326. The van der Waals surface area contributed by atoms with Crippen LogP contribution in [0.5, 0.6) is 0 Å². The van der Waals surface area contributed by atoms with Gasteiger partial charge in [0.1, 0.15) is 0 Å². The molecule has 70 valence electrons. The first-order valence-electron chi connectivity index (χ1n) is 4.23. The minimum Gasteiger partial charge on any atom is -0.370 e. The molecule has 5 heteroatoms. The predicted octanol–water partition coefficient (Wildman–Crippen LogP) is -0.410. The average molecular weight is 180 g/mol. The van der Waals surface area contributed by atoms with E-state index in [0.717, 1.165) is 23.4 Å². The number of nitrogen functional groups attached to an aromatic ring is 1. The van der Waals surface area contributed by atoms with Crippen LogP contribution in [0.4, 0.5) is 5.95 Å². The summed E-state index contributed by atoms with van der Waals surface area (Å²) in [5.74, 6) is 0.313. The van der Waals surface area contributed by atoms with Crippen molar-refractivity contribution in [1.82, 2.24) is 9.97 Å². The van der Waals surface area contributed by atoms with Gasteiger partial charge in [-0.1, -0.05) is 0 Å². The maximum absolute atomic E-state index is 5.54. The van der Waals surface area contributed by atoms with Crippen LogP contribution in [0.3, 0.4) is 0 Å². The van der Waals surface area contributed by atoms with Gasteiger partial charge in [-0.25, -0.2) is 9.97 Å². The third kappa shape index (κ3) is 1.48. The Morgan fingerprint density at radius 1 is 1.31 bits per heavy atom. The van der Waals surface area contributed by atoms with Crippen LogP contribution in [0.1, 0.15) is 17.0 Å². The lowest BCUT2D eigenvalue weighted by Crippen LogP contribution is -2.10. The number of ether oxygens (including phenoxy) is 1. The van der Waals surface area contributed by atoms with Crippen molar-refractivity contribution in [2.75, 3.05) is 12.3 Å². The van der Waals surface area contributed by atoms with E-state index in [4.69, 9.17) is 16.2 Å². The van der Waals surface area contributed by atoms with E-state index in [-0.39, 0.29) is 0 Å². The van der Waals surface area contributed by atoms with Gasteiger partial charge >= 0.3 is 0 Å². The van der Waals surface area contributed by atoms with E-state index in [0.29, 0.717) is 25.7 Å². The second-order valence-corrected chi connectivity index (χ2v) is 2.99. The second kappa shape index (κ2) is 3.27. The van der Waals surface area contributed by atoms with Crippen molar-refractivity contribution in [1.29, 1.82) is 0 Å². The fourth-order valence-electron chi connectivity index (χ4n) is 1.48. The Kier molecular flexibility index (Phi) is 2.12. The zero-order valence-corrected chi connectivity index (χ0v) is 7.29. The van der Waals surface area contributed by atoms with Crippen molar-refractivity contribution in [3.05, 3.63) is 17.0 Å². The number of hydrogen-bond acceptors (Lipinski definition) is 5. The SMILES string of the molecule is NCCc1nc(N)nc2c1COC2. The topological polar surface area (TPSA) is 87.0 Å². The van der Waals surface area contributed by atoms with E-state index < -0.39 is 0 Å². The first-order valence-corrected chi connectivity index (χ1v) is 4.23. The molecule has 0 saturated carbocycles. The van der Waals surface area contributed by atoms with Crippen molar-refractivity contribution in [2.24, 2.45) is 5.73 Å². The van der Waals surface area contributed by atoms with Crippen molar-refractivity contribution < 1.29 is 4.74 Å². The molecule has 0 aromatic carbocycles. The van der Waals surface area contributed by atoms with Gasteiger partial charge in [-0.2, -0.15) is 0 Å². The van der Waals surface area contributed by atoms with Gasteiger partial charge in [0.05, 0.1) is 24.6 Å². The third-order valence-electron chi connectivity index (χ3n) is 2.06. The summed E-state index contributed by atoms with van der Waals surface area (Å²) in [5, 5.41) is 0. The van der Waals surface area contributed by atoms with Gasteiger partial charge in [0.15, 0.2) is 0 Å². The van der Waals surface area contributed by atoms with Crippen LogP contribution in [0.2, 0.25) is 0 Å². The zero-order valence-electron chi connectivity index (χ0n) is 7.29. The number of nitrogens with zero attached hydrogens (tertiary/aromatic N) is 2. The van der Waals surface area contributed by atoms with Crippen LogP contribution >= 0.6 is 0 Å². The minimum absolute atomic E-state index is 0.313. The molecule has 0 spiro atoms. The van der Waals surface area contributed by atoms with Gasteiger partial charge in [-0.05, 0) is 6.54 Å². The Balaban J connectivity index is 2.43. The maximum Gasteiger partial charge on any atom is 0.220 e. The van der Waals surface area contributed by atoms with E-state index in [1.165, 1.54) is 0 Å². The van der Waals surface area contributed by atoms with Crippen LogP contribution in [-0.4, -0.2) is 16.5 Å². The Labute approximate surface area is 76.1 Å². The molecule has 0 atom stereocenters. The summed E-state index contributed by atoms with van der Waals surface area (Å²) in [6.45, 7) is 1.70. The molecule has 2 heterocycles. The summed E-state index contributed by atoms with van der Waals surface area (Å²) in [7, 11) is 0. The minimum atomic E-state index is 0.313. The fourth-order valence-corrected chi connectivity index (χ4v) is 1.48. The highest BCUT2D eigenvalue weighted by atomic mass is 16.5. The van der Waals surface area contributed by atoms with E-state index in [9.17, 15) is 0 Å². The van der Waals surface area contributed by atoms with Crippen molar-refractivity contribution in [3.8, 4) is 0 Å². The van der Waals surface area contributed by atoms with Crippen LogP contribution in [0.25, 0.3) is 0 Å². The molecule has 0 unspecified atom stereocenters. The highest BCUT2D eigenvalue weighted by Gasteiger charge is 2.18. The lowest BCUT2D eigenvalue weighted by molar-refractivity contribution is 0.133. The largest absolute Gasteiger partial charge is 0.370 e. The maximum atomic E-state index is 5.54. The van der Waals surface area contributed by atoms with Crippen molar-refractivity contribution in [3.63, 3.8) is 0 Å². The van der Waals surface area contributed by atoms with Gasteiger partial charge < -0.3 is 16.2 Å². The lowest BCUT2D eigenvalue weighted by atomic mass is 10.1. The van der Waals surface area contributed by atoms with Gasteiger partial charge in [-0.15, -0.1) is 0 Å². The highest BCUT2D eigenvalue weighted by Crippen LogP contribution is 2.21. The van der Waals surface area contributed by atoms with Crippen LogP contribution < -0.4 is 11.5 Å². The predicted molar refractivity (Wildman–Crippen MR) is 47.7 cm³/mol. The molecule has 13 heavy (non-hydrogen) atoms. The van der Waals surface area contributed by atoms with Crippen molar-refractivity contribution in [2.45, 2.75) is 19.6 Å². The molecular weight excluding hydrogens is 168 g/mol. The molecule has 1 aromatic heterocycles. The molecule has 0 amide bonds. The Morgan fingerprint density at radius 2 is 2.15 bits per heavy atom. The number of nitrogens with two attached hydrogens (primary N) is 2. The summed E-state index contributed by atoms with van der Waals surface area (Å²) >= 11 is 0. The smallest absolute Gasteiger partial charge is 0.220 e. The second-order valence-electron chi connectivity index (χ2n) is 2.99. The molecule has 2 rings (SSSR count). The summed E-state index contributed by atoms with van der Waals surface area (Å²) in [5.41, 5.74) is 13.9. The summed E-state index contributed by atoms with van der Waals surface area (Å²) in [4.78, 5) is 8.24. The monoisotopic (exact) mass is 180 g/mol. The quantitative estimate of drug-likeness (QED) is 0.646. The van der Waals surface area contributed by atoms with E-state index in [1.54, 1.807) is 0 Å². The molecule has 0 bridgehead atoms. The Hall–Kier alpha value is -1.20. The molecule has 0 aliphatic carbocycles. The molecule has 0 fully saturated rings. The fraction of sp³-hybridized carbons (Fsp3) is 0.500. The molecule has 5 nitrogen and oxygen atoms in total. The molecule has 1 aliphatic rings. The molecule has 4 N–H and O–H groups in total. The van der Waals surface area contributed by atoms with E-state index in [1.807, 2.05) is 0 Å². The standard InChI is InChI=1S/C8H12N4O/c9-2-1-6-5-3-13-4-7(5)12-8(10)11-6/h1-4,9H2,(H2,10,11,12). The van der Waals surface area contributed by atoms with E-state index >= 15 is 0 Å². The van der Waals surface area contributed by atoms with E-state index in [2.05, 4.69) is 9.97 Å². The molecular formula is C8H12N4O. The number of anilines is 1. The number of aromatic nitrogens is 2. The summed E-state index contributed by atoms with van der Waals surface area (Å²) < 4.78 is 5.26. The number of hydrogen-bond donors (Lipinski definition) is 2. The molecule has 1 aromatic rings. The van der Waals surface area contributed by atoms with Gasteiger partial charge in [-0.3, -0.25) is 0 Å². The first kappa shape index (κ1) is 8.40. The van der Waals surface area contributed by atoms with Gasteiger partial charge in [0.25, 0.3) is 0 Å². The lowest BCUT2D eigenvalue weighted by Gasteiger charge is -2.04. The zero-order chi connectivity index (χ0) is 9.26. The van der Waals surface area contributed by atoms with Gasteiger partial charge in [0.2, 0.25) is 5.95 Å².